The molecule has 1 heterocycles. The molecule has 0 spiro atoms. The van der Waals surface area contributed by atoms with Crippen molar-refractivity contribution in [1.29, 1.82) is 0 Å². The van der Waals surface area contributed by atoms with Crippen LogP contribution >= 0.6 is 0 Å². The molecular formula is C17H20NO2+. The molecule has 1 aromatic carbocycles. The summed E-state index contributed by atoms with van der Waals surface area (Å²) < 4.78 is 10.9. The Kier molecular flexibility index (Phi) is 4.86. The number of hydrogen-bond donors (Lipinski definition) is 1. The van der Waals surface area contributed by atoms with Gasteiger partial charge in [-0.1, -0.05) is 18.1 Å². The van der Waals surface area contributed by atoms with Crippen LogP contribution in [0.4, 0.5) is 0 Å². The summed E-state index contributed by atoms with van der Waals surface area (Å²) in [6.45, 7) is 3.36. The molecule has 1 N–H and O–H groups in total. The minimum Gasteiger partial charge on any atom is -0.481 e. The third-order valence-electron chi connectivity index (χ3n) is 3.41. The number of terminal acetylenes is 1. The van der Waals surface area contributed by atoms with Crippen molar-refractivity contribution in [2.45, 2.75) is 19.5 Å². The molecule has 3 nitrogen and oxygen atoms in total. The first-order valence-corrected chi connectivity index (χ1v) is 6.71. The minimum atomic E-state index is 0.301. The lowest BCUT2D eigenvalue weighted by atomic mass is 10.1. The molecule has 2 aromatic rings. The topological polar surface area (TPSA) is 26.8 Å². The van der Waals surface area contributed by atoms with Gasteiger partial charge in [0.2, 0.25) is 0 Å². The number of nitrogens with one attached hydrogen (secondary N) is 1. The predicted molar refractivity (Wildman–Crippen MR) is 78.5 cm³/mol. The van der Waals surface area contributed by atoms with E-state index in [2.05, 4.69) is 26.0 Å². The van der Waals surface area contributed by atoms with Gasteiger partial charge < -0.3 is 14.1 Å². The van der Waals surface area contributed by atoms with E-state index < -0.39 is 0 Å². The fraction of sp³-hybridized carbons (Fsp3) is 0.294. The van der Waals surface area contributed by atoms with Gasteiger partial charge in [0, 0.05) is 5.56 Å². The van der Waals surface area contributed by atoms with E-state index in [9.17, 15) is 0 Å². The third kappa shape index (κ3) is 3.66. The summed E-state index contributed by atoms with van der Waals surface area (Å²) >= 11 is 0. The molecule has 104 valence electrons. The van der Waals surface area contributed by atoms with Gasteiger partial charge in [-0.3, -0.25) is 0 Å². The number of quaternary nitrogens is 1. The second-order valence-electron chi connectivity index (χ2n) is 4.90. The van der Waals surface area contributed by atoms with Gasteiger partial charge in [0.15, 0.2) is 5.76 Å². The highest BCUT2D eigenvalue weighted by Crippen LogP contribution is 2.14. The number of benzene rings is 1. The molecule has 0 saturated heterocycles. The lowest BCUT2D eigenvalue weighted by Crippen LogP contribution is -3.07. The molecule has 0 fully saturated rings. The first-order chi connectivity index (χ1) is 9.70. The van der Waals surface area contributed by atoms with Gasteiger partial charge in [-0.05, 0) is 31.2 Å². The van der Waals surface area contributed by atoms with E-state index in [4.69, 9.17) is 15.6 Å². The van der Waals surface area contributed by atoms with Crippen molar-refractivity contribution in [3.63, 3.8) is 0 Å². The average Bonchev–Trinajstić information content (AvgIpc) is 2.98. The molecule has 2 atom stereocenters. The van der Waals surface area contributed by atoms with Crippen molar-refractivity contribution in [3.05, 3.63) is 54.0 Å². The van der Waals surface area contributed by atoms with E-state index in [1.165, 1.54) is 10.5 Å². The lowest BCUT2D eigenvalue weighted by molar-refractivity contribution is -0.925. The fourth-order valence-corrected chi connectivity index (χ4v) is 2.13. The van der Waals surface area contributed by atoms with Gasteiger partial charge >= 0.3 is 0 Å². The maximum atomic E-state index is 5.46. The summed E-state index contributed by atoms with van der Waals surface area (Å²) in [5, 5.41) is 0. The third-order valence-corrected chi connectivity index (χ3v) is 3.41. The van der Waals surface area contributed by atoms with Crippen LogP contribution < -0.4 is 9.64 Å². The zero-order chi connectivity index (χ0) is 14.4. The summed E-state index contributed by atoms with van der Waals surface area (Å²) in [5.41, 5.74) is 1.22. The van der Waals surface area contributed by atoms with Gasteiger partial charge in [-0.25, -0.2) is 0 Å². The standard InChI is InChI=1S/C17H19NO2/c1-4-10-19-16-8-5-7-15(12-16)13-18(3)14(2)17-9-6-11-20-17/h1,5-9,11-12,14H,10,13H2,2-3H3/p+1/t14-/m1/s1. The molecule has 0 aliphatic heterocycles. The number of hydrogen-bond acceptors (Lipinski definition) is 2. The molecule has 0 aliphatic rings. The van der Waals surface area contributed by atoms with Crippen LogP contribution in [-0.4, -0.2) is 13.7 Å². The van der Waals surface area contributed by atoms with Crippen molar-refractivity contribution in [2.75, 3.05) is 13.7 Å². The Morgan fingerprint density at radius 1 is 1.35 bits per heavy atom. The zero-order valence-corrected chi connectivity index (χ0v) is 11.9. The van der Waals surface area contributed by atoms with E-state index >= 15 is 0 Å². The van der Waals surface area contributed by atoms with Crippen molar-refractivity contribution < 1.29 is 14.1 Å². The maximum absolute atomic E-state index is 5.46. The van der Waals surface area contributed by atoms with E-state index in [0.717, 1.165) is 18.1 Å². The van der Waals surface area contributed by atoms with E-state index in [1.807, 2.05) is 30.3 Å². The summed E-state index contributed by atoms with van der Waals surface area (Å²) in [5.74, 6) is 4.29. The van der Waals surface area contributed by atoms with Crippen LogP contribution in [0.3, 0.4) is 0 Å². The van der Waals surface area contributed by atoms with Gasteiger partial charge in [-0.2, -0.15) is 0 Å². The van der Waals surface area contributed by atoms with Crippen LogP contribution in [0.15, 0.2) is 47.1 Å². The Bertz CT molecular complexity index is 569. The summed E-state index contributed by atoms with van der Waals surface area (Å²) in [4.78, 5) is 1.36. The van der Waals surface area contributed by atoms with Crippen LogP contribution in [0.5, 0.6) is 5.75 Å². The summed E-state index contributed by atoms with van der Waals surface area (Å²) in [7, 11) is 2.15. The smallest absolute Gasteiger partial charge is 0.160 e. The van der Waals surface area contributed by atoms with Crippen LogP contribution in [-0.2, 0) is 6.54 Å². The molecule has 3 heteroatoms. The Hall–Kier alpha value is -2.18. The van der Waals surface area contributed by atoms with E-state index in [-0.39, 0.29) is 0 Å². The highest BCUT2D eigenvalue weighted by Gasteiger charge is 2.18. The molecule has 1 aromatic heterocycles. The maximum Gasteiger partial charge on any atom is 0.160 e. The Labute approximate surface area is 120 Å². The van der Waals surface area contributed by atoms with Gasteiger partial charge in [0.1, 0.15) is 24.9 Å². The van der Waals surface area contributed by atoms with E-state index in [0.29, 0.717) is 12.6 Å². The van der Waals surface area contributed by atoms with Crippen LogP contribution in [0.1, 0.15) is 24.3 Å². The monoisotopic (exact) mass is 270 g/mol. The molecule has 0 radical (unpaired) electrons. The second kappa shape index (κ2) is 6.83. The second-order valence-corrected chi connectivity index (χ2v) is 4.90. The number of rotatable bonds is 6. The molecule has 0 saturated carbocycles. The largest absolute Gasteiger partial charge is 0.481 e. The molecule has 0 bridgehead atoms. The zero-order valence-electron chi connectivity index (χ0n) is 11.9. The van der Waals surface area contributed by atoms with Gasteiger partial charge in [0.25, 0.3) is 0 Å². The fourth-order valence-electron chi connectivity index (χ4n) is 2.13. The average molecular weight is 270 g/mol. The van der Waals surface area contributed by atoms with Crippen LogP contribution in [0.2, 0.25) is 0 Å². The molecule has 1 unspecified atom stereocenters. The molecule has 0 amide bonds. The quantitative estimate of drug-likeness (QED) is 0.814. The molecule has 2 rings (SSSR count). The highest BCUT2D eigenvalue weighted by atomic mass is 16.5. The van der Waals surface area contributed by atoms with Crippen molar-refractivity contribution >= 4 is 0 Å². The SMILES string of the molecule is C#CCOc1cccc(C[NH+](C)[C@H](C)c2ccco2)c1. The Balaban J connectivity index is 2.00. The first kappa shape index (κ1) is 14.2. The normalized spacial score (nSPS) is 13.4. The van der Waals surface area contributed by atoms with Gasteiger partial charge in [0.05, 0.1) is 13.3 Å². The van der Waals surface area contributed by atoms with E-state index in [1.54, 1.807) is 6.26 Å². The van der Waals surface area contributed by atoms with Crippen molar-refractivity contribution in [2.24, 2.45) is 0 Å². The first-order valence-electron chi connectivity index (χ1n) is 6.71. The molecule has 0 aliphatic carbocycles. The highest BCUT2D eigenvalue weighted by molar-refractivity contribution is 5.28. The Morgan fingerprint density at radius 2 is 2.20 bits per heavy atom. The molecule has 20 heavy (non-hydrogen) atoms. The molecular weight excluding hydrogens is 250 g/mol. The minimum absolute atomic E-state index is 0.301. The number of ether oxygens (including phenoxy) is 1. The van der Waals surface area contributed by atoms with Crippen LogP contribution in [0, 0.1) is 12.3 Å². The predicted octanol–water partition coefficient (Wildman–Crippen LogP) is 2.07. The lowest BCUT2D eigenvalue weighted by Gasteiger charge is -2.20. The van der Waals surface area contributed by atoms with Crippen molar-refractivity contribution in [3.8, 4) is 18.1 Å². The number of furan rings is 1. The summed E-state index contributed by atoms with van der Waals surface area (Å²) in [6, 6.07) is 12.3. The Morgan fingerprint density at radius 3 is 2.90 bits per heavy atom. The summed E-state index contributed by atoms with van der Waals surface area (Å²) in [6.07, 6.45) is 6.92. The van der Waals surface area contributed by atoms with Crippen LogP contribution in [0.25, 0.3) is 0 Å². The van der Waals surface area contributed by atoms with Crippen molar-refractivity contribution in [1.82, 2.24) is 0 Å². The van der Waals surface area contributed by atoms with Gasteiger partial charge in [-0.15, -0.1) is 6.42 Å².